The molecule has 78 valence electrons. The molecular weight excluding hydrogens is 434 g/mol. The summed E-state index contributed by atoms with van der Waals surface area (Å²) >= 11 is 3.87. The second-order valence-corrected chi connectivity index (χ2v) is 6.11. The third-order valence-electron chi connectivity index (χ3n) is 1.48. The van der Waals surface area contributed by atoms with Crippen LogP contribution in [-0.4, -0.2) is 20.1 Å². The predicted octanol–water partition coefficient (Wildman–Crippen LogP) is 2.15. The molecule has 1 aromatic carbocycles. The van der Waals surface area contributed by atoms with Crippen LogP contribution in [-0.2, 0) is 10.1 Å². The van der Waals surface area contributed by atoms with Gasteiger partial charge in [0.1, 0.15) is 10.6 Å². The number of ether oxygens (including phenoxy) is 1. The molecule has 0 fully saturated rings. The largest absolute Gasteiger partial charge is 0.496 e. The Kier molecular flexibility index (Phi) is 4.00. The minimum atomic E-state index is -4.17. The Morgan fingerprint density at radius 1 is 1.29 bits per heavy atom. The first kappa shape index (κ1) is 12.5. The summed E-state index contributed by atoms with van der Waals surface area (Å²) in [6.07, 6.45) is 0. The highest BCUT2D eigenvalue weighted by Gasteiger charge is 2.17. The quantitative estimate of drug-likeness (QED) is 0.566. The standard InChI is InChI=1S/C7H6I2O4S/c1-13-6-3-7(14(10,11)12)5(9)2-4(6)8/h2-3H,1H3,(H,10,11,12). The monoisotopic (exact) mass is 440 g/mol. The molecule has 0 aliphatic heterocycles. The fourth-order valence-electron chi connectivity index (χ4n) is 0.865. The van der Waals surface area contributed by atoms with Crippen molar-refractivity contribution in [3.8, 4) is 5.75 Å². The molecule has 0 spiro atoms. The summed E-state index contributed by atoms with van der Waals surface area (Å²) in [7, 11) is -2.73. The van der Waals surface area contributed by atoms with Gasteiger partial charge in [-0.05, 0) is 51.2 Å². The van der Waals surface area contributed by atoms with Crippen LogP contribution in [0.2, 0.25) is 0 Å². The average Bonchev–Trinajstić information content (AvgIpc) is 2.02. The number of halogens is 2. The van der Waals surface area contributed by atoms with E-state index in [2.05, 4.69) is 0 Å². The Hall–Kier alpha value is 0.390. The van der Waals surface area contributed by atoms with E-state index in [0.29, 0.717) is 9.32 Å². The van der Waals surface area contributed by atoms with Crippen LogP contribution in [0.1, 0.15) is 0 Å². The third-order valence-corrected chi connectivity index (χ3v) is 4.48. The first-order valence-corrected chi connectivity index (χ1v) is 6.96. The molecule has 4 nitrogen and oxygen atoms in total. The zero-order valence-corrected chi connectivity index (χ0v) is 12.1. The van der Waals surface area contributed by atoms with E-state index in [-0.39, 0.29) is 4.90 Å². The molecule has 0 heterocycles. The molecule has 0 aliphatic carbocycles. The summed E-state index contributed by atoms with van der Waals surface area (Å²) in [5.74, 6) is 0.429. The first-order chi connectivity index (χ1) is 6.36. The minimum absolute atomic E-state index is 0.129. The molecule has 7 heteroatoms. The van der Waals surface area contributed by atoms with Crippen molar-refractivity contribution >= 4 is 55.3 Å². The van der Waals surface area contributed by atoms with Gasteiger partial charge in [0.2, 0.25) is 0 Å². The van der Waals surface area contributed by atoms with E-state index in [1.165, 1.54) is 13.2 Å². The van der Waals surface area contributed by atoms with Gasteiger partial charge in [0, 0.05) is 9.64 Å². The van der Waals surface area contributed by atoms with Crippen molar-refractivity contribution in [2.24, 2.45) is 0 Å². The summed E-state index contributed by atoms with van der Waals surface area (Å²) in [5.41, 5.74) is 0. The summed E-state index contributed by atoms with van der Waals surface area (Å²) in [6.45, 7) is 0. The highest BCUT2D eigenvalue weighted by molar-refractivity contribution is 14.1. The summed E-state index contributed by atoms with van der Waals surface area (Å²) < 4.78 is 37.0. The van der Waals surface area contributed by atoms with Crippen LogP contribution in [0, 0.1) is 7.14 Å². The average molecular weight is 440 g/mol. The lowest BCUT2D eigenvalue weighted by molar-refractivity contribution is 0.409. The molecule has 0 unspecified atom stereocenters. The van der Waals surface area contributed by atoms with Gasteiger partial charge in [0.15, 0.2) is 0 Å². The second kappa shape index (κ2) is 4.49. The fraction of sp³-hybridized carbons (Fsp3) is 0.143. The van der Waals surface area contributed by atoms with Crippen molar-refractivity contribution < 1.29 is 17.7 Å². The van der Waals surface area contributed by atoms with Gasteiger partial charge in [-0.15, -0.1) is 0 Å². The maximum absolute atomic E-state index is 10.9. The van der Waals surface area contributed by atoms with Crippen LogP contribution >= 0.6 is 45.2 Å². The molecule has 0 bridgehead atoms. The van der Waals surface area contributed by atoms with E-state index < -0.39 is 10.1 Å². The predicted molar refractivity (Wildman–Crippen MR) is 68.2 cm³/mol. The maximum atomic E-state index is 10.9. The van der Waals surface area contributed by atoms with Crippen LogP contribution in [0.3, 0.4) is 0 Å². The van der Waals surface area contributed by atoms with Gasteiger partial charge in [0.05, 0.1) is 10.7 Å². The van der Waals surface area contributed by atoms with E-state index >= 15 is 0 Å². The smallest absolute Gasteiger partial charge is 0.295 e. The molecule has 0 saturated heterocycles. The molecule has 0 saturated carbocycles. The molecule has 0 atom stereocenters. The first-order valence-electron chi connectivity index (χ1n) is 3.37. The van der Waals surface area contributed by atoms with Crippen molar-refractivity contribution in [3.63, 3.8) is 0 Å². The molecule has 0 aliphatic rings. The fourth-order valence-corrected chi connectivity index (χ4v) is 4.01. The normalized spacial score (nSPS) is 11.4. The zero-order chi connectivity index (χ0) is 10.9. The van der Waals surface area contributed by atoms with Crippen molar-refractivity contribution in [2.75, 3.05) is 7.11 Å². The molecule has 1 N–H and O–H groups in total. The van der Waals surface area contributed by atoms with Crippen molar-refractivity contribution in [1.82, 2.24) is 0 Å². The molecule has 1 aromatic rings. The number of methoxy groups -OCH3 is 1. The van der Waals surface area contributed by atoms with E-state index in [9.17, 15) is 8.42 Å². The van der Waals surface area contributed by atoms with Gasteiger partial charge in [-0.2, -0.15) is 8.42 Å². The summed E-state index contributed by atoms with van der Waals surface area (Å²) in [5, 5.41) is 0. The lowest BCUT2D eigenvalue weighted by Crippen LogP contribution is -2.02. The minimum Gasteiger partial charge on any atom is -0.496 e. The Balaban J connectivity index is 3.47. The number of rotatable bonds is 2. The number of hydrogen-bond acceptors (Lipinski definition) is 3. The maximum Gasteiger partial charge on any atom is 0.295 e. The van der Waals surface area contributed by atoms with Crippen LogP contribution in [0.5, 0.6) is 5.75 Å². The number of benzene rings is 1. The van der Waals surface area contributed by atoms with Crippen LogP contribution in [0.4, 0.5) is 0 Å². The molecule has 0 radical (unpaired) electrons. The van der Waals surface area contributed by atoms with Gasteiger partial charge in [0.25, 0.3) is 10.1 Å². The Bertz CT molecular complexity index is 455. The number of hydrogen-bond donors (Lipinski definition) is 1. The van der Waals surface area contributed by atoms with Gasteiger partial charge in [-0.25, -0.2) is 0 Å². The molecule has 0 amide bonds. The molecule has 0 aromatic heterocycles. The third kappa shape index (κ3) is 2.70. The van der Waals surface area contributed by atoms with E-state index in [0.717, 1.165) is 3.57 Å². The molecule has 14 heavy (non-hydrogen) atoms. The van der Waals surface area contributed by atoms with Crippen molar-refractivity contribution in [1.29, 1.82) is 0 Å². The zero-order valence-electron chi connectivity index (χ0n) is 6.99. The Labute approximate surface area is 109 Å². The van der Waals surface area contributed by atoms with Gasteiger partial charge in [-0.1, -0.05) is 0 Å². The van der Waals surface area contributed by atoms with E-state index in [1.54, 1.807) is 6.07 Å². The van der Waals surface area contributed by atoms with E-state index in [1.807, 2.05) is 45.2 Å². The topological polar surface area (TPSA) is 63.6 Å². The van der Waals surface area contributed by atoms with Crippen LogP contribution in [0.25, 0.3) is 0 Å². The Morgan fingerprint density at radius 3 is 2.29 bits per heavy atom. The van der Waals surface area contributed by atoms with Gasteiger partial charge >= 0.3 is 0 Å². The summed E-state index contributed by atoms with van der Waals surface area (Å²) in [6, 6.07) is 2.93. The van der Waals surface area contributed by atoms with Crippen LogP contribution < -0.4 is 4.74 Å². The lowest BCUT2D eigenvalue weighted by Gasteiger charge is -2.06. The van der Waals surface area contributed by atoms with Crippen LogP contribution in [0.15, 0.2) is 17.0 Å². The van der Waals surface area contributed by atoms with Gasteiger partial charge in [-0.3, -0.25) is 4.55 Å². The Morgan fingerprint density at radius 2 is 1.86 bits per heavy atom. The summed E-state index contributed by atoms with van der Waals surface area (Å²) in [4.78, 5) is -0.129. The molecular formula is C7H6I2O4S. The van der Waals surface area contributed by atoms with Crippen molar-refractivity contribution in [3.05, 3.63) is 19.3 Å². The lowest BCUT2D eigenvalue weighted by atomic mass is 10.3. The second-order valence-electron chi connectivity index (χ2n) is 2.39. The van der Waals surface area contributed by atoms with Gasteiger partial charge < -0.3 is 4.74 Å². The van der Waals surface area contributed by atoms with Crippen molar-refractivity contribution in [2.45, 2.75) is 4.90 Å². The SMILES string of the molecule is COc1cc(S(=O)(=O)O)c(I)cc1I. The highest BCUT2D eigenvalue weighted by atomic mass is 127. The highest BCUT2D eigenvalue weighted by Crippen LogP contribution is 2.28. The van der Waals surface area contributed by atoms with E-state index in [4.69, 9.17) is 9.29 Å². The molecule has 1 rings (SSSR count).